The highest BCUT2D eigenvalue weighted by molar-refractivity contribution is 4.69. The molecule has 1 rings (SSSR count). The van der Waals surface area contributed by atoms with E-state index in [2.05, 4.69) is 12.2 Å². The topological polar surface area (TPSA) is 21.3 Å². The highest BCUT2D eigenvalue weighted by Crippen LogP contribution is 2.26. The molecule has 1 aliphatic rings. The SMILES string of the molecule is CCC(CNC)OCC1CCC1. The van der Waals surface area contributed by atoms with Crippen LogP contribution in [-0.2, 0) is 4.74 Å². The third-order valence-electron chi connectivity index (χ3n) is 2.68. The van der Waals surface area contributed by atoms with Crippen LogP contribution in [0.4, 0.5) is 0 Å². The lowest BCUT2D eigenvalue weighted by Gasteiger charge is -2.27. The molecule has 1 aliphatic carbocycles. The van der Waals surface area contributed by atoms with Crippen molar-refractivity contribution in [2.75, 3.05) is 20.2 Å². The van der Waals surface area contributed by atoms with Gasteiger partial charge >= 0.3 is 0 Å². The van der Waals surface area contributed by atoms with Crippen molar-refractivity contribution in [2.45, 2.75) is 38.7 Å². The third-order valence-corrected chi connectivity index (χ3v) is 2.68. The fourth-order valence-corrected chi connectivity index (χ4v) is 1.48. The van der Waals surface area contributed by atoms with Crippen molar-refractivity contribution in [3.63, 3.8) is 0 Å². The van der Waals surface area contributed by atoms with E-state index < -0.39 is 0 Å². The van der Waals surface area contributed by atoms with Gasteiger partial charge in [0.2, 0.25) is 0 Å². The highest BCUT2D eigenvalue weighted by atomic mass is 16.5. The minimum absolute atomic E-state index is 0.426. The molecular formula is C10H21NO. The van der Waals surface area contributed by atoms with Crippen molar-refractivity contribution in [3.05, 3.63) is 0 Å². The van der Waals surface area contributed by atoms with Crippen LogP contribution in [0.3, 0.4) is 0 Å². The van der Waals surface area contributed by atoms with E-state index in [0.717, 1.165) is 25.5 Å². The van der Waals surface area contributed by atoms with Crippen molar-refractivity contribution in [3.8, 4) is 0 Å². The van der Waals surface area contributed by atoms with Gasteiger partial charge in [-0.25, -0.2) is 0 Å². The zero-order valence-electron chi connectivity index (χ0n) is 8.31. The molecule has 0 heterocycles. The third kappa shape index (κ3) is 3.11. The lowest BCUT2D eigenvalue weighted by atomic mass is 9.86. The fourth-order valence-electron chi connectivity index (χ4n) is 1.48. The van der Waals surface area contributed by atoms with Gasteiger partial charge in [-0.2, -0.15) is 0 Å². The van der Waals surface area contributed by atoms with Gasteiger partial charge in [-0.05, 0) is 32.2 Å². The molecule has 0 spiro atoms. The van der Waals surface area contributed by atoms with Gasteiger partial charge < -0.3 is 10.1 Å². The highest BCUT2D eigenvalue weighted by Gasteiger charge is 2.18. The number of likely N-dealkylation sites (N-methyl/N-ethyl adjacent to an activating group) is 1. The van der Waals surface area contributed by atoms with Crippen molar-refractivity contribution in [2.24, 2.45) is 5.92 Å². The Morgan fingerprint density at radius 1 is 1.50 bits per heavy atom. The molecule has 0 aromatic rings. The van der Waals surface area contributed by atoms with Crippen molar-refractivity contribution < 1.29 is 4.74 Å². The maximum absolute atomic E-state index is 5.77. The minimum Gasteiger partial charge on any atom is -0.377 e. The Morgan fingerprint density at radius 2 is 2.25 bits per heavy atom. The molecule has 1 fully saturated rings. The first-order valence-electron chi connectivity index (χ1n) is 5.13. The monoisotopic (exact) mass is 171 g/mol. The molecule has 1 atom stereocenters. The molecule has 1 saturated carbocycles. The van der Waals surface area contributed by atoms with Crippen molar-refractivity contribution in [1.29, 1.82) is 0 Å². The Balaban J connectivity index is 2.01. The van der Waals surface area contributed by atoms with Crippen LogP contribution in [0.15, 0.2) is 0 Å². The van der Waals surface area contributed by atoms with E-state index in [-0.39, 0.29) is 0 Å². The molecule has 0 aliphatic heterocycles. The Hall–Kier alpha value is -0.0800. The van der Waals surface area contributed by atoms with Crippen LogP contribution in [0.1, 0.15) is 32.6 Å². The summed E-state index contributed by atoms with van der Waals surface area (Å²) in [6.45, 7) is 4.16. The van der Waals surface area contributed by atoms with Crippen LogP contribution >= 0.6 is 0 Å². The van der Waals surface area contributed by atoms with Gasteiger partial charge in [-0.1, -0.05) is 13.3 Å². The number of ether oxygens (including phenoxy) is 1. The van der Waals surface area contributed by atoms with Crippen LogP contribution in [0.2, 0.25) is 0 Å². The second kappa shape index (κ2) is 5.55. The standard InChI is InChI=1S/C10H21NO/c1-3-10(7-11-2)12-8-9-5-4-6-9/h9-11H,3-8H2,1-2H3. The van der Waals surface area contributed by atoms with Crippen molar-refractivity contribution in [1.82, 2.24) is 5.32 Å². The summed E-state index contributed by atoms with van der Waals surface area (Å²) in [5, 5.41) is 3.15. The first-order chi connectivity index (χ1) is 5.86. The Labute approximate surface area is 75.7 Å². The van der Waals surface area contributed by atoms with Gasteiger partial charge in [0.1, 0.15) is 0 Å². The average molecular weight is 171 g/mol. The smallest absolute Gasteiger partial charge is 0.0696 e. The van der Waals surface area contributed by atoms with Crippen molar-refractivity contribution >= 4 is 0 Å². The summed E-state index contributed by atoms with van der Waals surface area (Å²) in [7, 11) is 1.98. The molecular weight excluding hydrogens is 150 g/mol. The summed E-state index contributed by atoms with van der Waals surface area (Å²) in [6.07, 6.45) is 5.73. The molecule has 0 aromatic heterocycles. The predicted molar refractivity (Wildman–Crippen MR) is 51.3 cm³/mol. The number of nitrogens with one attached hydrogen (secondary N) is 1. The molecule has 0 radical (unpaired) electrons. The zero-order chi connectivity index (χ0) is 8.81. The zero-order valence-corrected chi connectivity index (χ0v) is 8.31. The quantitative estimate of drug-likeness (QED) is 0.658. The van der Waals surface area contributed by atoms with Crippen LogP contribution in [0.25, 0.3) is 0 Å². The van der Waals surface area contributed by atoms with Crippen LogP contribution < -0.4 is 5.32 Å². The molecule has 72 valence electrons. The molecule has 2 heteroatoms. The van der Waals surface area contributed by atoms with Crippen LogP contribution in [-0.4, -0.2) is 26.3 Å². The predicted octanol–water partition coefficient (Wildman–Crippen LogP) is 1.80. The summed E-state index contributed by atoms with van der Waals surface area (Å²) < 4.78 is 5.77. The van der Waals surface area contributed by atoms with E-state index >= 15 is 0 Å². The largest absolute Gasteiger partial charge is 0.377 e. The minimum atomic E-state index is 0.426. The van der Waals surface area contributed by atoms with E-state index in [1.807, 2.05) is 7.05 Å². The van der Waals surface area contributed by atoms with Gasteiger partial charge in [-0.3, -0.25) is 0 Å². The Morgan fingerprint density at radius 3 is 2.67 bits per heavy atom. The van der Waals surface area contributed by atoms with Crippen LogP contribution in [0, 0.1) is 5.92 Å². The lowest BCUT2D eigenvalue weighted by Crippen LogP contribution is -2.29. The molecule has 0 amide bonds. The fraction of sp³-hybridized carbons (Fsp3) is 1.00. The van der Waals surface area contributed by atoms with Gasteiger partial charge in [0.15, 0.2) is 0 Å². The maximum Gasteiger partial charge on any atom is 0.0696 e. The van der Waals surface area contributed by atoms with Gasteiger partial charge in [0.05, 0.1) is 6.10 Å². The Kier molecular flexibility index (Phi) is 4.62. The van der Waals surface area contributed by atoms with Gasteiger partial charge in [0, 0.05) is 13.2 Å². The van der Waals surface area contributed by atoms with Gasteiger partial charge in [-0.15, -0.1) is 0 Å². The summed E-state index contributed by atoms with van der Waals surface area (Å²) in [5.74, 6) is 0.871. The number of rotatable bonds is 6. The van der Waals surface area contributed by atoms with Crippen LogP contribution in [0.5, 0.6) is 0 Å². The first-order valence-corrected chi connectivity index (χ1v) is 5.13. The average Bonchev–Trinajstić information content (AvgIpc) is 2.00. The first kappa shape index (κ1) is 10.0. The van der Waals surface area contributed by atoms with Gasteiger partial charge in [0.25, 0.3) is 0 Å². The second-order valence-electron chi connectivity index (χ2n) is 3.72. The number of hydrogen-bond donors (Lipinski definition) is 1. The van der Waals surface area contributed by atoms with E-state index in [1.165, 1.54) is 19.3 Å². The second-order valence-corrected chi connectivity index (χ2v) is 3.72. The summed E-state index contributed by atoms with van der Waals surface area (Å²) in [5.41, 5.74) is 0. The molecule has 0 aromatic carbocycles. The van der Waals surface area contributed by atoms with E-state index in [1.54, 1.807) is 0 Å². The molecule has 1 N–H and O–H groups in total. The molecule has 0 bridgehead atoms. The molecule has 2 nitrogen and oxygen atoms in total. The van der Waals surface area contributed by atoms with E-state index in [9.17, 15) is 0 Å². The maximum atomic E-state index is 5.77. The molecule has 0 saturated heterocycles. The van der Waals surface area contributed by atoms with E-state index in [4.69, 9.17) is 4.74 Å². The summed E-state index contributed by atoms with van der Waals surface area (Å²) in [4.78, 5) is 0. The molecule has 1 unspecified atom stereocenters. The number of hydrogen-bond acceptors (Lipinski definition) is 2. The molecule has 12 heavy (non-hydrogen) atoms. The lowest BCUT2D eigenvalue weighted by molar-refractivity contribution is 0.0103. The summed E-state index contributed by atoms with van der Waals surface area (Å²) >= 11 is 0. The normalized spacial score (nSPS) is 20.5. The Bertz CT molecular complexity index is 112. The van der Waals surface area contributed by atoms with E-state index in [0.29, 0.717) is 6.10 Å². The summed E-state index contributed by atoms with van der Waals surface area (Å²) in [6, 6.07) is 0.